The van der Waals surface area contributed by atoms with Crippen molar-refractivity contribution in [1.82, 2.24) is 0 Å². The summed E-state index contributed by atoms with van der Waals surface area (Å²) in [5, 5.41) is 0. The number of rotatable bonds is 0. The molecule has 0 fully saturated rings. The van der Waals surface area contributed by atoms with E-state index in [1.165, 1.54) is 32.1 Å². The standard InChI is InChI=1S/C13H14.2ClH.Zr/c1-2-7-12(6-1)10-5-11-13-8-3-4-9-13;;;/h1,3,6,8H,2,4-5,10-11H2;2*1H;/q;;;+2/p-2. The zero-order chi connectivity index (χ0) is 9.38. The van der Waals surface area contributed by atoms with Crippen LogP contribution in [0.2, 0.25) is 0 Å². The molecule has 84 valence electrons. The molecule has 0 aromatic rings. The summed E-state index contributed by atoms with van der Waals surface area (Å²) in [6.45, 7) is 0. The minimum Gasteiger partial charge on any atom is -1.00 e. The Bertz CT molecular complexity index is 353. The molecular weight excluding hydrogens is 318 g/mol. The maximum atomic E-state index is 2.39. The van der Waals surface area contributed by atoms with E-state index in [1.54, 1.807) is 11.1 Å². The molecule has 0 spiro atoms. The molecule has 0 aromatic carbocycles. The Balaban J connectivity index is 0.000000640. The van der Waals surface area contributed by atoms with Crippen molar-refractivity contribution >= 4 is 0 Å². The molecular formula is C13H14Cl2Zr. The summed E-state index contributed by atoms with van der Waals surface area (Å²) in [5.41, 5.74) is 3.44. The van der Waals surface area contributed by atoms with Gasteiger partial charge in [0, 0.05) is 0 Å². The third-order valence-electron chi connectivity index (χ3n) is 3.25. The van der Waals surface area contributed by atoms with Crippen LogP contribution in [-0.4, -0.2) is 0 Å². The fourth-order valence-corrected chi connectivity index (χ4v) is 6.27. The van der Waals surface area contributed by atoms with Gasteiger partial charge in [-0.1, -0.05) is 0 Å². The average molecular weight is 332 g/mol. The minimum absolute atomic E-state index is 0. The quantitative estimate of drug-likeness (QED) is 0.468. The maximum absolute atomic E-state index is 2.39. The molecule has 0 unspecified atom stereocenters. The van der Waals surface area contributed by atoms with Gasteiger partial charge in [-0.2, -0.15) is 0 Å². The molecule has 0 saturated carbocycles. The number of hydrogen-bond donors (Lipinski definition) is 0. The Morgan fingerprint density at radius 3 is 1.81 bits per heavy atom. The summed E-state index contributed by atoms with van der Waals surface area (Å²) in [4.78, 5) is 0. The molecule has 0 amide bonds. The van der Waals surface area contributed by atoms with Crippen LogP contribution in [0.5, 0.6) is 0 Å². The van der Waals surface area contributed by atoms with Crippen molar-refractivity contribution in [2.75, 3.05) is 0 Å². The Morgan fingerprint density at radius 2 is 1.31 bits per heavy atom. The molecule has 0 aromatic heterocycles. The van der Waals surface area contributed by atoms with E-state index in [4.69, 9.17) is 0 Å². The molecule has 3 rings (SSSR count). The second-order valence-electron chi connectivity index (χ2n) is 4.20. The number of hydrogen-bond acceptors (Lipinski definition) is 0. The predicted octanol–water partition coefficient (Wildman–Crippen LogP) is -2.31. The summed E-state index contributed by atoms with van der Waals surface area (Å²) in [7, 11) is 0. The Hall–Kier alpha value is 0.423. The molecule has 2 aliphatic carbocycles. The third-order valence-corrected chi connectivity index (χ3v) is 7.32. The van der Waals surface area contributed by atoms with E-state index < -0.39 is 0 Å². The molecule has 16 heavy (non-hydrogen) atoms. The van der Waals surface area contributed by atoms with Gasteiger partial charge in [-0.15, -0.1) is 0 Å². The van der Waals surface area contributed by atoms with Crippen molar-refractivity contribution < 1.29 is 48.0 Å². The molecule has 0 atom stereocenters. The van der Waals surface area contributed by atoms with Gasteiger partial charge in [0.2, 0.25) is 0 Å². The van der Waals surface area contributed by atoms with Crippen LogP contribution in [0.3, 0.4) is 0 Å². The van der Waals surface area contributed by atoms with Crippen LogP contribution in [-0.2, 0) is 23.2 Å². The summed E-state index contributed by atoms with van der Waals surface area (Å²) >= 11 is -0.350. The van der Waals surface area contributed by atoms with Crippen LogP contribution >= 0.6 is 0 Å². The van der Waals surface area contributed by atoms with Crippen LogP contribution in [0.1, 0.15) is 32.1 Å². The maximum Gasteiger partial charge on any atom is -1.00 e. The molecule has 0 N–H and O–H groups in total. The second-order valence-corrected chi connectivity index (χ2v) is 7.78. The predicted molar refractivity (Wildman–Crippen MR) is 55.4 cm³/mol. The second kappa shape index (κ2) is 6.38. The molecule has 1 heterocycles. The van der Waals surface area contributed by atoms with Crippen molar-refractivity contribution in [1.29, 1.82) is 0 Å². The third kappa shape index (κ3) is 2.81. The molecule has 1 aliphatic heterocycles. The normalized spacial score (nSPS) is 21.0. The van der Waals surface area contributed by atoms with Gasteiger partial charge in [0.15, 0.2) is 0 Å². The van der Waals surface area contributed by atoms with Gasteiger partial charge in [0.05, 0.1) is 0 Å². The average Bonchev–Trinajstić information content (AvgIpc) is 2.75. The van der Waals surface area contributed by atoms with Crippen molar-refractivity contribution in [2.24, 2.45) is 0 Å². The summed E-state index contributed by atoms with van der Waals surface area (Å²) < 4.78 is 3.73. The first-order valence-corrected chi connectivity index (χ1v) is 7.93. The first kappa shape index (κ1) is 14.5. The van der Waals surface area contributed by atoms with E-state index in [1.807, 2.05) is 6.56 Å². The Morgan fingerprint density at radius 1 is 0.812 bits per heavy atom. The van der Waals surface area contributed by atoms with Crippen LogP contribution < -0.4 is 24.8 Å². The first-order valence-electron chi connectivity index (χ1n) is 5.47. The summed E-state index contributed by atoms with van der Waals surface area (Å²) in [5.74, 6) is 0. The van der Waals surface area contributed by atoms with E-state index >= 15 is 0 Å². The first-order chi connectivity index (χ1) is 6.93. The largest absolute Gasteiger partial charge is 1.00 e. The van der Waals surface area contributed by atoms with Gasteiger partial charge in [0.25, 0.3) is 0 Å². The molecule has 3 heteroatoms. The van der Waals surface area contributed by atoms with E-state index in [-0.39, 0.29) is 48.0 Å². The topological polar surface area (TPSA) is 0 Å². The van der Waals surface area contributed by atoms with Gasteiger partial charge in [0.1, 0.15) is 0 Å². The van der Waals surface area contributed by atoms with Gasteiger partial charge in [-0.3, -0.25) is 0 Å². The fourth-order valence-electron chi connectivity index (χ4n) is 2.48. The molecule has 0 nitrogen and oxygen atoms in total. The van der Waals surface area contributed by atoms with Crippen LogP contribution in [0.15, 0.2) is 42.0 Å². The minimum atomic E-state index is -0.350. The molecule has 3 aliphatic rings. The molecule has 0 bridgehead atoms. The van der Waals surface area contributed by atoms with Crippen LogP contribution in [0, 0.1) is 0 Å². The smallest absolute Gasteiger partial charge is 1.00 e. The molecule has 0 radical (unpaired) electrons. The van der Waals surface area contributed by atoms with Gasteiger partial charge in [-0.05, 0) is 0 Å². The van der Waals surface area contributed by atoms with Crippen LogP contribution in [0.25, 0.3) is 0 Å². The fraction of sp³-hybridized carbons (Fsp3) is 0.385. The van der Waals surface area contributed by atoms with E-state index in [0.717, 1.165) is 0 Å². The van der Waals surface area contributed by atoms with Crippen LogP contribution in [0.4, 0.5) is 0 Å². The van der Waals surface area contributed by atoms with Gasteiger partial charge < -0.3 is 24.8 Å². The monoisotopic (exact) mass is 330 g/mol. The van der Waals surface area contributed by atoms with Crippen molar-refractivity contribution in [3.8, 4) is 0 Å². The van der Waals surface area contributed by atoms with Crippen molar-refractivity contribution in [2.45, 2.75) is 32.1 Å². The van der Waals surface area contributed by atoms with E-state index in [2.05, 4.69) is 24.3 Å². The zero-order valence-electron chi connectivity index (χ0n) is 9.10. The zero-order valence-corrected chi connectivity index (χ0v) is 13.1. The van der Waals surface area contributed by atoms with Gasteiger partial charge in [-0.25, -0.2) is 0 Å². The van der Waals surface area contributed by atoms with Crippen molar-refractivity contribution in [3.63, 3.8) is 0 Å². The summed E-state index contributed by atoms with van der Waals surface area (Å²) in [6, 6.07) is 0. The van der Waals surface area contributed by atoms with Gasteiger partial charge >= 0.3 is 97.4 Å². The number of allylic oxidation sites excluding steroid dienone is 8. The molecule has 0 saturated heterocycles. The SMILES string of the molecule is C1=CC2=[C](C1)[Zr+2][C]1=C(C=CC1)CCC2.[Cl-].[Cl-]. The Kier molecular flexibility index (Phi) is 5.78. The van der Waals surface area contributed by atoms with Crippen molar-refractivity contribution in [3.05, 3.63) is 42.0 Å². The van der Waals surface area contributed by atoms with E-state index in [0.29, 0.717) is 0 Å². The number of halogens is 2. The Labute approximate surface area is 121 Å². The summed E-state index contributed by atoms with van der Waals surface area (Å²) in [6.07, 6.45) is 16.2. The van der Waals surface area contributed by atoms with E-state index in [9.17, 15) is 0 Å².